The van der Waals surface area contributed by atoms with Gasteiger partial charge >= 0.3 is 0 Å². The van der Waals surface area contributed by atoms with Gasteiger partial charge in [-0.3, -0.25) is 4.79 Å². The average molecular weight is 328 g/mol. The highest BCUT2D eigenvalue weighted by Gasteiger charge is 2.29. The molecule has 3 atom stereocenters. The van der Waals surface area contributed by atoms with Gasteiger partial charge in [0.05, 0.1) is 5.56 Å². The minimum Gasteiger partial charge on any atom is -0.358 e. The third-order valence-corrected chi connectivity index (χ3v) is 5.44. The second-order valence-corrected chi connectivity index (χ2v) is 7.08. The Balaban J connectivity index is 1.77. The molecule has 24 heavy (non-hydrogen) atoms. The number of benzene rings is 1. The van der Waals surface area contributed by atoms with E-state index in [2.05, 4.69) is 24.1 Å². The lowest BCUT2D eigenvalue weighted by atomic mass is 9.78. The first-order chi connectivity index (χ1) is 11.5. The van der Waals surface area contributed by atoms with E-state index < -0.39 is 0 Å². The number of hydrogen-bond donors (Lipinski definition) is 2. The van der Waals surface area contributed by atoms with Crippen LogP contribution in [0, 0.1) is 24.6 Å². The zero-order valence-corrected chi connectivity index (χ0v) is 14.5. The number of rotatable bonds is 3. The van der Waals surface area contributed by atoms with Crippen molar-refractivity contribution in [3.63, 3.8) is 0 Å². The molecule has 3 nitrogen and oxygen atoms in total. The first-order valence-corrected chi connectivity index (χ1v) is 8.72. The summed E-state index contributed by atoms with van der Waals surface area (Å²) in [6.07, 6.45) is 3.46. The molecular formula is C20H25FN2O. The van der Waals surface area contributed by atoms with Crippen LogP contribution in [0.15, 0.2) is 30.3 Å². The number of hydrogen-bond acceptors (Lipinski definition) is 1. The van der Waals surface area contributed by atoms with E-state index in [0.29, 0.717) is 17.4 Å². The van der Waals surface area contributed by atoms with Crippen LogP contribution in [0.25, 0.3) is 11.3 Å². The van der Waals surface area contributed by atoms with Crippen molar-refractivity contribution < 1.29 is 9.18 Å². The van der Waals surface area contributed by atoms with Crippen LogP contribution in [0.4, 0.5) is 4.39 Å². The lowest BCUT2D eigenvalue weighted by Crippen LogP contribution is -2.43. The first kappa shape index (κ1) is 16.7. The van der Waals surface area contributed by atoms with Crippen molar-refractivity contribution >= 4 is 5.91 Å². The number of aromatic nitrogens is 1. The van der Waals surface area contributed by atoms with Crippen LogP contribution in [0.3, 0.4) is 0 Å². The first-order valence-electron chi connectivity index (χ1n) is 8.72. The van der Waals surface area contributed by atoms with Crippen molar-refractivity contribution in [1.29, 1.82) is 0 Å². The third kappa shape index (κ3) is 3.37. The average Bonchev–Trinajstić information content (AvgIpc) is 2.94. The number of H-pyrrole nitrogens is 1. The predicted octanol–water partition coefficient (Wildman–Crippen LogP) is 4.68. The number of aryl methyl sites for hydroxylation is 1. The van der Waals surface area contributed by atoms with Crippen molar-refractivity contribution in [3.05, 3.63) is 47.4 Å². The van der Waals surface area contributed by atoms with Crippen LogP contribution >= 0.6 is 0 Å². The molecule has 0 unspecified atom stereocenters. The molecule has 3 rings (SSSR count). The van der Waals surface area contributed by atoms with Crippen LogP contribution in [0.1, 0.15) is 49.2 Å². The largest absolute Gasteiger partial charge is 0.358 e. The summed E-state index contributed by atoms with van der Waals surface area (Å²) in [4.78, 5) is 15.9. The third-order valence-electron chi connectivity index (χ3n) is 5.44. The number of amides is 1. The Morgan fingerprint density at radius 1 is 1.21 bits per heavy atom. The molecule has 1 heterocycles. The fourth-order valence-corrected chi connectivity index (χ4v) is 3.61. The molecule has 1 saturated carbocycles. The molecule has 0 spiro atoms. The van der Waals surface area contributed by atoms with Crippen LogP contribution in [0.5, 0.6) is 0 Å². The maximum atomic E-state index is 13.1. The van der Waals surface area contributed by atoms with Gasteiger partial charge in [0, 0.05) is 17.4 Å². The van der Waals surface area contributed by atoms with Crippen molar-refractivity contribution in [3.8, 4) is 11.3 Å². The molecule has 2 aromatic rings. The lowest BCUT2D eigenvalue weighted by molar-refractivity contribution is 0.0890. The molecule has 0 radical (unpaired) electrons. The van der Waals surface area contributed by atoms with E-state index >= 15 is 0 Å². The molecule has 1 amide bonds. The second-order valence-electron chi connectivity index (χ2n) is 7.08. The molecule has 128 valence electrons. The summed E-state index contributed by atoms with van der Waals surface area (Å²) in [5.74, 6) is 0.855. The summed E-state index contributed by atoms with van der Waals surface area (Å²) in [5.41, 5.74) is 3.21. The van der Waals surface area contributed by atoms with E-state index in [1.807, 2.05) is 13.0 Å². The van der Waals surface area contributed by atoms with Gasteiger partial charge in [-0.1, -0.05) is 26.7 Å². The zero-order valence-electron chi connectivity index (χ0n) is 14.5. The highest BCUT2D eigenvalue weighted by atomic mass is 19.1. The molecule has 1 fully saturated rings. The van der Waals surface area contributed by atoms with Crippen molar-refractivity contribution in [1.82, 2.24) is 10.3 Å². The Hall–Kier alpha value is -2.10. The minimum atomic E-state index is -0.264. The van der Waals surface area contributed by atoms with Gasteiger partial charge in [0.25, 0.3) is 5.91 Å². The van der Waals surface area contributed by atoms with Crippen molar-refractivity contribution in [2.24, 2.45) is 11.8 Å². The van der Waals surface area contributed by atoms with E-state index in [-0.39, 0.29) is 17.8 Å². The van der Waals surface area contributed by atoms with Gasteiger partial charge in [0.2, 0.25) is 0 Å². The summed E-state index contributed by atoms with van der Waals surface area (Å²) < 4.78 is 13.1. The SMILES string of the molecule is Cc1[nH]c(-c2ccc(F)cc2)cc1C(=O)N[C@@H]1CCC[C@H](C)[C@H]1C. The molecule has 2 N–H and O–H groups in total. The summed E-state index contributed by atoms with van der Waals surface area (Å²) >= 11 is 0. The van der Waals surface area contributed by atoms with Crippen molar-refractivity contribution in [2.45, 2.75) is 46.1 Å². The van der Waals surface area contributed by atoms with Crippen LogP contribution < -0.4 is 5.32 Å². The smallest absolute Gasteiger partial charge is 0.253 e. The highest BCUT2D eigenvalue weighted by Crippen LogP contribution is 2.30. The van der Waals surface area contributed by atoms with E-state index in [1.165, 1.54) is 25.0 Å². The predicted molar refractivity (Wildman–Crippen MR) is 94.4 cm³/mol. The number of halogens is 1. The summed E-state index contributed by atoms with van der Waals surface area (Å²) in [6, 6.07) is 8.38. The topological polar surface area (TPSA) is 44.9 Å². The number of nitrogens with one attached hydrogen (secondary N) is 2. The van der Waals surface area contributed by atoms with Gasteiger partial charge in [-0.15, -0.1) is 0 Å². The molecular weight excluding hydrogens is 303 g/mol. The number of carbonyl (C=O) groups is 1. The molecule has 1 aromatic heterocycles. The van der Waals surface area contributed by atoms with Crippen molar-refractivity contribution in [2.75, 3.05) is 0 Å². The molecule has 1 aliphatic carbocycles. The summed E-state index contributed by atoms with van der Waals surface area (Å²) in [5, 5.41) is 3.21. The Bertz CT molecular complexity index is 720. The minimum absolute atomic E-state index is 0.0249. The molecule has 4 heteroatoms. The Labute approximate surface area is 142 Å². The van der Waals surface area contributed by atoms with E-state index in [0.717, 1.165) is 23.4 Å². The number of carbonyl (C=O) groups excluding carboxylic acids is 1. The van der Waals surface area contributed by atoms with Gasteiger partial charge in [-0.05, 0) is 61.1 Å². The van der Waals surface area contributed by atoms with E-state index in [1.54, 1.807) is 12.1 Å². The maximum absolute atomic E-state index is 13.1. The summed E-state index contributed by atoms with van der Waals surface area (Å²) in [7, 11) is 0. The Morgan fingerprint density at radius 2 is 1.92 bits per heavy atom. The summed E-state index contributed by atoms with van der Waals surface area (Å²) in [6.45, 7) is 6.38. The van der Waals surface area contributed by atoms with Crippen LogP contribution in [-0.2, 0) is 0 Å². The second kappa shape index (κ2) is 6.80. The molecule has 1 aliphatic rings. The van der Waals surface area contributed by atoms with Gasteiger partial charge in [0.1, 0.15) is 5.82 Å². The number of aromatic amines is 1. The molecule has 1 aromatic carbocycles. The van der Waals surface area contributed by atoms with E-state index in [9.17, 15) is 9.18 Å². The normalized spacial score (nSPS) is 23.9. The zero-order chi connectivity index (χ0) is 17.3. The quantitative estimate of drug-likeness (QED) is 0.844. The Morgan fingerprint density at radius 3 is 2.62 bits per heavy atom. The Kier molecular flexibility index (Phi) is 4.74. The van der Waals surface area contributed by atoms with Gasteiger partial charge in [-0.2, -0.15) is 0 Å². The van der Waals surface area contributed by atoms with E-state index in [4.69, 9.17) is 0 Å². The fraction of sp³-hybridized carbons (Fsp3) is 0.450. The van der Waals surface area contributed by atoms with Gasteiger partial charge in [-0.25, -0.2) is 4.39 Å². The maximum Gasteiger partial charge on any atom is 0.253 e. The van der Waals surface area contributed by atoms with Crippen LogP contribution in [0.2, 0.25) is 0 Å². The fourth-order valence-electron chi connectivity index (χ4n) is 3.61. The highest BCUT2D eigenvalue weighted by molar-refractivity contribution is 5.97. The van der Waals surface area contributed by atoms with Gasteiger partial charge in [0.15, 0.2) is 0 Å². The molecule has 0 bridgehead atoms. The lowest BCUT2D eigenvalue weighted by Gasteiger charge is -2.34. The van der Waals surface area contributed by atoms with Gasteiger partial charge < -0.3 is 10.3 Å². The molecule has 0 saturated heterocycles. The monoisotopic (exact) mass is 328 g/mol. The molecule has 0 aliphatic heterocycles. The van der Waals surface area contributed by atoms with Crippen LogP contribution in [-0.4, -0.2) is 16.9 Å². The standard InChI is InChI=1S/C20H25FN2O/c1-12-5-4-6-18(13(12)2)23-20(24)17-11-19(22-14(17)3)15-7-9-16(21)10-8-15/h7-13,18,22H,4-6H2,1-3H3,(H,23,24)/t12-,13+,18+/m0/s1.